The summed E-state index contributed by atoms with van der Waals surface area (Å²) < 4.78 is 11.5. The summed E-state index contributed by atoms with van der Waals surface area (Å²) in [6.07, 6.45) is 23.4. The molecule has 0 spiro atoms. The van der Waals surface area contributed by atoms with Gasteiger partial charge in [0, 0.05) is 5.56 Å². The third-order valence-electron chi connectivity index (χ3n) is 6.67. The number of carbonyl (C=O) groups excluding carboxylic acids is 1. The normalized spacial score (nSPS) is 11.2. The minimum atomic E-state index is -0.0201. The van der Waals surface area contributed by atoms with E-state index < -0.39 is 0 Å². The maximum absolute atomic E-state index is 12.6. The number of ketones is 1. The zero-order chi connectivity index (χ0) is 26.4. The van der Waals surface area contributed by atoms with E-state index >= 15 is 0 Å². The van der Waals surface area contributed by atoms with E-state index in [4.69, 9.17) is 9.47 Å². The summed E-state index contributed by atoms with van der Waals surface area (Å²) in [5.74, 6) is 1.61. The molecule has 204 valence electrons. The monoisotopic (exact) mass is 506 g/mol. The fraction of sp³-hybridized carbons (Fsp3) is 0.559. The minimum absolute atomic E-state index is 0.0201. The van der Waals surface area contributed by atoms with Gasteiger partial charge in [0.2, 0.25) is 0 Å². The number of unbranched alkanes of at least 4 members (excludes halogenated alkanes) is 13. The van der Waals surface area contributed by atoms with Gasteiger partial charge < -0.3 is 9.47 Å². The number of benzene rings is 2. The lowest BCUT2D eigenvalue weighted by molar-refractivity contribution is 0.104. The van der Waals surface area contributed by atoms with Crippen LogP contribution >= 0.6 is 0 Å². The van der Waals surface area contributed by atoms with Gasteiger partial charge in [-0.05, 0) is 48.7 Å². The summed E-state index contributed by atoms with van der Waals surface area (Å²) in [7, 11) is 0. The van der Waals surface area contributed by atoms with Gasteiger partial charge >= 0.3 is 0 Å². The maximum Gasteiger partial charge on any atom is 0.185 e. The third kappa shape index (κ3) is 14.7. The first-order chi connectivity index (χ1) is 18.2. The number of rotatable bonds is 22. The summed E-state index contributed by atoms with van der Waals surface area (Å²) in [5, 5.41) is 0. The second-order valence-corrected chi connectivity index (χ2v) is 10.1. The molecule has 0 N–H and O–H groups in total. The van der Waals surface area contributed by atoms with Crippen LogP contribution in [-0.4, -0.2) is 19.0 Å². The molecule has 3 nitrogen and oxygen atoms in total. The first-order valence-corrected chi connectivity index (χ1v) is 14.9. The molecule has 0 saturated carbocycles. The fourth-order valence-electron chi connectivity index (χ4n) is 4.39. The molecule has 0 aliphatic rings. The molecule has 0 amide bonds. The fourth-order valence-corrected chi connectivity index (χ4v) is 4.39. The van der Waals surface area contributed by atoms with Crippen molar-refractivity contribution in [3.63, 3.8) is 0 Å². The van der Waals surface area contributed by atoms with Crippen molar-refractivity contribution in [2.45, 2.75) is 110 Å². The van der Waals surface area contributed by atoms with Crippen molar-refractivity contribution in [2.75, 3.05) is 13.2 Å². The molecule has 0 aromatic heterocycles. The van der Waals surface area contributed by atoms with Crippen molar-refractivity contribution in [1.82, 2.24) is 0 Å². The molecule has 0 radical (unpaired) electrons. The van der Waals surface area contributed by atoms with Crippen LogP contribution in [-0.2, 0) is 0 Å². The van der Waals surface area contributed by atoms with E-state index in [1.807, 2.05) is 54.6 Å². The van der Waals surface area contributed by atoms with Gasteiger partial charge in [-0.3, -0.25) is 4.79 Å². The van der Waals surface area contributed by atoms with E-state index in [1.54, 1.807) is 6.08 Å². The predicted octanol–water partition coefficient (Wildman–Crippen LogP) is 10.2. The summed E-state index contributed by atoms with van der Waals surface area (Å²) >= 11 is 0. The topological polar surface area (TPSA) is 35.5 Å². The standard InChI is InChI=1S/C34H50O3/c1-3-5-6-7-8-9-10-11-12-13-14-15-16-17-28-37-33-20-18-19-31(29-33)34(35)26-23-30-21-24-32(25-22-30)36-27-4-2/h18-26,29H,3-17,27-28H2,1-2H3/b26-23+. The molecular formula is C34H50O3. The quantitative estimate of drug-likeness (QED) is 0.0905. The van der Waals surface area contributed by atoms with Crippen LogP contribution in [0.4, 0.5) is 0 Å². The molecule has 0 aliphatic carbocycles. The number of ether oxygens (including phenoxy) is 2. The van der Waals surface area contributed by atoms with Crippen molar-refractivity contribution < 1.29 is 14.3 Å². The highest BCUT2D eigenvalue weighted by Gasteiger charge is 2.04. The first kappa shape index (κ1) is 30.7. The Kier molecular flexibility index (Phi) is 17.0. The number of hydrogen-bond donors (Lipinski definition) is 0. The summed E-state index contributed by atoms with van der Waals surface area (Å²) in [4.78, 5) is 12.6. The number of allylic oxidation sites excluding steroid dienone is 1. The van der Waals surface area contributed by atoms with E-state index in [0.717, 1.165) is 29.9 Å². The number of hydrogen-bond acceptors (Lipinski definition) is 3. The molecule has 0 atom stereocenters. The third-order valence-corrected chi connectivity index (χ3v) is 6.67. The average molecular weight is 507 g/mol. The molecule has 2 aromatic rings. The van der Waals surface area contributed by atoms with Gasteiger partial charge in [0.15, 0.2) is 5.78 Å². The van der Waals surface area contributed by atoms with E-state index in [0.29, 0.717) is 18.8 Å². The highest BCUT2D eigenvalue weighted by atomic mass is 16.5. The van der Waals surface area contributed by atoms with Crippen LogP contribution in [0.5, 0.6) is 11.5 Å². The van der Waals surface area contributed by atoms with Gasteiger partial charge in [-0.2, -0.15) is 0 Å². The van der Waals surface area contributed by atoms with Crippen LogP contribution in [0.2, 0.25) is 0 Å². The predicted molar refractivity (Wildman–Crippen MR) is 158 cm³/mol. The lowest BCUT2D eigenvalue weighted by Gasteiger charge is -2.07. The zero-order valence-corrected chi connectivity index (χ0v) is 23.5. The SMILES string of the molecule is CCCCCCCCCCCCCCCCOc1cccc(C(=O)/C=C/c2ccc(OCCC)cc2)c1. The van der Waals surface area contributed by atoms with E-state index in [1.165, 1.54) is 83.5 Å². The van der Waals surface area contributed by atoms with Crippen LogP contribution in [0.25, 0.3) is 6.08 Å². The lowest BCUT2D eigenvalue weighted by atomic mass is 10.0. The molecule has 0 saturated heterocycles. The highest BCUT2D eigenvalue weighted by Crippen LogP contribution is 2.18. The van der Waals surface area contributed by atoms with Crippen molar-refractivity contribution in [3.8, 4) is 11.5 Å². The van der Waals surface area contributed by atoms with E-state index in [2.05, 4.69) is 13.8 Å². The van der Waals surface area contributed by atoms with Crippen LogP contribution in [0, 0.1) is 0 Å². The van der Waals surface area contributed by atoms with Gasteiger partial charge in [-0.1, -0.05) is 128 Å². The molecule has 0 fully saturated rings. The minimum Gasteiger partial charge on any atom is -0.494 e. The van der Waals surface area contributed by atoms with Crippen molar-refractivity contribution in [3.05, 3.63) is 65.7 Å². The Morgan fingerprint density at radius 1 is 0.622 bits per heavy atom. The van der Waals surface area contributed by atoms with Gasteiger partial charge in [0.1, 0.15) is 11.5 Å². The Bertz CT molecular complexity index is 869. The Morgan fingerprint density at radius 2 is 1.19 bits per heavy atom. The van der Waals surface area contributed by atoms with Gasteiger partial charge in [-0.25, -0.2) is 0 Å². The van der Waals surface area contributed by atoms with Crippen molar-refractivity contribution >= 4 is 11.9 Å². The highest BCUT2D eigenvalue weighted by molar-refractivity contribution is 6.07. The maximum atomic E-state index is 12.6. The van der Waals surface area contributed by atoms with Crippen molar-refractivity contribution in [2.24, 2.45) is 0 Å². The van der Waals surface area contributed by atoms with Crippen LogP contribution in [0.1, 0.15) is 126 Å². The Labute approximate surface area is 226 Å². The average Bonchev–Trinajstić information content (AvgIpc) is 2.93. The molecule has 0 bridgehead atoms. The zero-order valence-electron chi connectivity index (χ0n) is 23.5. The van der Waals surface area contributed by atoms with Crippen molar-refractivity contribution in [1.29, 1.82) is 0 Å². The van der Waals surface area contributed by atoms with Crippen LogP contribution in [0.3, 0.4) is 0 Å². The van der Waals surface area contributed by atoms with Gasteiger partial charge in [0.25, 0.3) is 0 Å². The van der Waals surface area contributed by atoms with Gasteiger partial charge in [-0.15, -0.1) is 0 Å². The summed E-state index contributed by atoms with van der Waals surface area (Å²) in [6, 6.07) is 15.3. The van der Waals surface area contributed by atoms with Crippen LogP contribution < -0.4 is 9.47 Å². The molecule has 0 aliphatic heterocycles. The molecule has 37 heavy (non-hydrogen) atoms. The summed E-state index contributed by atoms with van der Waals surface area (Å²) in [5.41, 5.74) is 1.63. The Morgan fingerprint density at radius 3 is 1.78 bits per heavy atom. The number of carbonyl (C=O) groups is 1. The Hall–Kier alpha value is -2.55. The lowest BCUT2D eigenvalue weighted by Crippen LogP contribution is -2.00. The van der Waals surface area contributed by atoms with Crippen LogP contribution in [0.15, 0.2) is 54.6 Å². The first-order valence-electron chi connectivity index (χ1n) is 14.9. The second kappa shape index (κ2) is 20.5. The second-order valence-electron chi connectivity index (χ2n) is 10.1. The molecule has 0 unspecified atom stereocenters. The van der Waals surface area contributed by atoms with E-state index in [9.17, 15) is 4.79 Å². The van der Waals surface area contributed by atoms with Gasteiger partial charge in [0.05, 0.1) is 13.2 Å². The molecule has 0 heterocycles. The Balaban J connectivity index is 1.55. The smallest absolute Gasteiger partial charge is 0.185 e. The molecule has 2 aromatic carbocycles. The van der Waals surface area contributed by atoms with E-state index in [-0.39, 0.29) is 5.78 Å². The summed E-state index contributed by atoms with van der Waals surface area (Å²) in [6.45, 7) is 5.79. The molecule has 3 heteroatoms. The molecule has 2 rings (SSSR count). The molecular weight excluding hydrogens is 456 g/mol. The largest absolute Gasteiger partial charge is 0.494 e.